The normalized spacial score (nSPS) is 20.4. The highest BCUT2D eigenvalue weighted by Gasteiger charge is 2.29. The average Bonchev–Trinajstić information content (AvgIpc) is 3.32. The van der Waals surface area contributed by atoms with E-state index in [0.29, 0.717) is 19.1 Å². The van der Waals surface area contributed by atoms with Gasteiger partial charge in [-0.25, -0.2) is 19.5 Å². The van der Waals surface area contributed by atoms with Gasteiger partial charge >= 0.3 is 0 Å². The van der Waals surface area contributed by atoms with Crippen LogP contribution in [0.1, 0.15) is 41.2 Å². The molecule has 0 N–H and O–H groups in total. The van der Waals surface area contributed by atoms with E-state index in [0.717, 1.165) is 66.2 Å². The molecule has 25 heavy (non-hydrogen) atoms. The third-order valence-electron chi connectivity index (χ3n) is 5.06. The van der Waals surface area contributed by atoms with Gasteiger partial charge in [-0.15, -0.1) is 0 Å². The molecule has 8 nitrogen and oxygen atoms in total. The van der Waals surface area contributed by atoms with Crippen LogP contribution < -0.4 is 4.90 Å². The highest BCUT2D eigenvalue weighted by atomic mass is 16.5. The summed E-state index contributed by atoms with van der Waals surface area (Å²) in [6, 6.07) is 0. The largest absolute Gasteiger partial charge is 0.444 e. The van der Waals surface area contributed by atoms with Crippen molar-refractivity contribution in [1.82, 2.24) is 24.6 Å². The Hall–Kier alpha value is -2.48. The van der Waals surface area contributed by atoms with Crippen molar-refractivity contribution < 1.29 is 9.15 Å². The molecule has 0 saturated carbocycles. The number of hydrogen-bond acceptors (Lipinski definition) is 7. The molecule has 3 aromatic heterocycles. The van der Waals surface area contributed by atoms with Crippen LogP contribution in [0, 0.1) is 13.8 Å². The fourth-order valence-electron chi connectivity index (χ4n) is 3.86. The maximum Gasteiger partial charge on any atom is 0.191 e. The molecule has 130 valence electrons. The smallest absolute Gasteiger partial charge is 0.191 e. The van der Waals surface area contributed by atoms with E-state index in [1.807, 2.05) is 18.4 Å². The van der Waals surface area contributed by atoms with E-state index in [1.54, 1.807) is 6.33 Å². The van der Waals surface area contributed by atoms with E-state index in [4.69, 9.17) is 14.1 Å². The Bertz CT molecular complexity index is 940. The number of oxazole rings is 1. The Morgan fingerprint density at radius 2 is 2.16 bits per heavy atom. The van der Waals surface area contributed by atoms with Crippen LogP contribution in [0.2, 0.25) is 0 Å². The van der Waals surface area contributed by atoms with E-state index in [9.17, 15) is 0 Å². The fourth-order valence-corrected chi connectivity index (χ4v) is 3.86. The molecule has 2 aliphatic rings. The van der Waals surface area contributed by atoms with E-state index in [1.165, 1.54) is 0 Å². The van der Waals surface area contributed by atoms with Gasteiger partial charge in [0.1, 0.15) is 23.4 Å². The van der Waals surface area contributed by atoms with Gasteiger partial charge < -0.3 is 14.1 Å². The second-order valence-corrected chi connectivity index (χ2v) is 6.72. The van der Waals surface area contributed by atoms with Crippen LogP contribution in [-0.4, -0.2) is 44.3 Å². The molecule has 3 aromatic rings. The minimum Gasteiger partial charge on any atom is -0.444 e. The van der Waals surface area contributed by atoms with Crippen molar-refractivity contribution >= 4 is 11.3 Å². The summed E-state index contributed by atoms with van der Waals surface area (Å²) in [5, 5.41) is 4.42. The van der Waals surface area contributed by atoms with Crippen LogP contribution in [0.5, 0.6) is 0 Å². The molecule has 8 heteroatoms. The zero-order valence-electron chi connectivity index (χ0n) is 14.4. The quantitative estimate of drug-likeness (QED) is 0.703. The third-order valence-corrected chi connectivity index (χ3v) is 5.06. The van der Waals surface area contributed by atoms with Crippen LogP contribution in [0.15, 0.2) is 10.7 Å². The van der Waals surface area contributed by atoms with E-state index in [-0.39, 0.29) is 0 Å². The molecule has 0 radical (unpaired) electrons. The van der Waals surface area contributed by atoms with Crippen LogP contribution in [-0.2, 0) is 17.7 Å². The predicted molar refractivity (Wildman–Crippen MR) is 89.7 cm³/mol. The van der Waals surface area contributed by atoms with E-state index in [2.05, 4.69) is 20.0 Å². The lowest BCUT2D eigenvalue weighted by molar-refractivity contribution is 0.193. The van der Waals surface area contributed by atoms with Gasteiger partial charge in [-0.05, 0) is 13.3 Å². The zero-order valence-corrected chi connectivity index (χ0v) is 14.4. The van der Waals surface area contributed by atoms with Crippen molar-refractivity contribution in [3.63, 3.8) is 0 Å². The maximum absolute atomic E-state index is 5.77. The molecule has 0 spiro atoms. The molecule has 0 amide bonds. The van der Waals surface area contributed by atoms with Gasteiger partial charge in [0.2, 0.25) is 0 Å². The predicted octanol–water partition coefficient (Wildman–Crippen LogP) is 1.80. The van der Waals surface area contributed by atoms with E-state index >= 15 is 0 Å². The topological polar surface area (TPSA) is 81.6 Å². The number of anilines is 1. The van der Waals surface area contributed by atoms with Crippen molar-refractivity contribution in [3.8, 4) is 0 Å². The van der Waals surface area contributed by atoms with Crippen LogP contribution >= 0.6 is 0 Å². The molecule has 0 aliphatic carbocycles. The molecule has 2 aliphatic heterocycles. The second kappa shape index (κ2) is 5.52. The summed E-state index contributed by atoms with van der Waals surface area (Å²) in [6.45, 7) is 6.91. The van der Waals surface area contributed by atoms with Gasteiger partial charge in [-0.1, -0.05) is 0 Å². The molecular weight excluding hydrogens is 320 g/mol. The van der Waals surface area contributed by atoms with Gasteiger partial charge in [0, 0.05) is 32.4 Å². The lowest BCUT2D eigenvalue weighted by Crippen LogP contribution is -2.31. The lowest BCUT2D eigenvalue weighted by atomic mass is 10.0. The first-order chi connectivity index (χ1) is 12.2. The first-order valence-corrected chi connectivity index (χ1v) is 8.69. The maximum atomic E-state index is 5.77. The summed E-state index contributed by atoms with van der Waals surface area (Å²) in [4.78, 5) is 16.1. The fraction of sp³-hybridized carbons (Fsp3) is 0.529. The molecule has 5 heterocycles. The van der Waals surface area contributed by atoms with Gasteiger partial charge in [0.15, 0.2) is 11.7 Å². The molecule has 1 saturated heterocycles. The Morgan fingerprint density at radius 1 is 1.24 bits per heavy atom. The summed E-state index contributed by atoms with van der Waals surface area (Å²) in [5.41, 5.74) is 3.10. The van der Waals surface area contributed by atoms with Crippen LogP contribution in [0.25, 0.3) is 5.52 Å². The second-order valence-electron chi connectivity index (χ2n) is 6.72. The van der Waals surface area contributed by atoms with Gasteiger partial charge in [-0.3, -0.25) is 0 Å². The molecule has 0 bridgehead atoms. The first-order valence-electron chi connectivity index (χ1n) is 8.69. The number of rotatable bonds is 2. The van der Waals surface area contributed by atoms with Crippen molar-refractivity contribution in [2.24, 2.45) is 0 Å². The standard InChI is InChI=1S/C17H20N6O2/c1-10-20-15(12-4-6-24-8-12)16-17(18-9-19-23(10)16)22-5-3-13-14(7-22)25-11(2)21-13/h9,12H,3-8H2,1-2H3/t12-/m0/s1. The Morgan fingerprint density at radius 3 is 3.00 bits per heavy atom. The minimum absolute atomic E-state index is 0.307. The first kappa shape index (κ1) is 14.8. The molecule has 0 unspecified atom stereocenters. The summed E-state index contributed by atoms with van der Waals surface area (Å²) in [5.74, 6) is 3.76. The molecule has 1 fully saturated rings. The Labute approximate surface area is 144 Å². The molecular formula is C17H20N6O2. The third kappa shape index (κ3) is 2.31. The number of imidazole rings is 1. The highest BCUT2D eigenvalue weighted by Crippen LogP contribution is 2.34. The molecule has 5 rings (SSSR count). The summed E-state index contributed by atoms with van der Waals surface area (Å²) in [6.07, 6.45) is 3.46. The van der Waals surface area contributed by atoms with Crippen LogP contribution in [0.4, 0.5) is 5.82 Å². The van der Waals surface area contributed by atoms with Gasteiger partial charge in [-0.2, -0.15) is 5.10 Å². The number of aromatic nitrogens is 5. The Kier molecular flexibility index (Phi) is 3.27. The van der Waals surface area contributed by atoms with E-state index < -0.39 is 0 Å². The minimum atomic E-state index is 0.307. The van der Waals surface area contributed by atoms with Gasteiger partial charge in [0.25, 0.3) is 0 Å². The number of aryl methyl sites for hydroxylation is 2. The SMILES string of the molecule is Cc1nc2c(o1)CN(c1ncnn3c(C)nc([C@H]4CCOC4)c13)CC2. The summed E-state index contributed by atoms with van der Waals surface area (Å²) in [7, 11) is 0. The Balaban J connectivity index is 1.61. The lowest BCUT2D eigenvalue weighted by Gasteiger charge is -2.27. The molecule has 1 atom stereocenters. The summed E-state index contributed by atoms with van der Waals surface area (Å²) >= 11 is 0. The average molecular weight is 340 g/mol. The number of hydrogen-bond donors (Lipinski definition) is 0. The van der Waals surface area contributed by atoms with Crippen molar-refractivity contribution in [1.29, 1.82) is 0 Å². The summed E-state index contributed by atoms with van der Waals surface area (Å²) < 4.78 is 13.2. The molecule has 0 aromatic carbocycles. The monoisotopic (exact) mass is 340 g/mol. The van der Waals surface area contributed by atoms with Crippen molar-refractivity contribution in [3.05, 3.63) is 35.2 Å². The zero-order chi connectivity index (χ0) is 17.0. The van der Waals surface area contributed by atoms with Gasteiger partial charge in [0.05, 0.1) is 24.5 Å². The number of fused-ring (bicyclic) bond motifs is 2. The number of ether oxygens (including phenoxy) is 1. The number of nitrogens with zero attached hydrogens (tertiary/aromatic N) is 6. The van der Waals surface area contributed by atoms with Crippen molar-refractivity contribution in [2.45, 2.75) is 39.2 Å². The highest BCUT2D eigenvalue weighted by molar-refractivity contribution is 5.73. The van der Waals surface area contributed by atoms with Crippen molar-refractivity contribution in [2.75, 3.05) is 24.7 Å². The van der Waals surface area contributed by atoms with Crippen LogP contribution in [0.3, 0.4) is 0 Å².